The van der Waals surface area contributed by atoms with Crippen molar-refractivity contribution in [2.75, 3.05) is 0 Å². The van der Waals surface area contributed by atoms with Crippen molar-refractivity contribution in [3.63, 3.8) is 0 Å². The van der Waals surface area contributed by atoms with Crippen molar-refractivity contribution < 1.29 is 9.90 Å². The summed E-state index contributed by atoms with van der Waals surface area (Å²) in [7, 11) is 0. The molecule has 0 fully saturated rings. The summed E-state index contributed by atoms with van der Waals surface area (Å²) in [4.78, 5) is 10.9. The number of hydrogen-bond donors (Lipinski definition) is 1. The van der Waals surface area contributed by atoms with Crippen molar-refractivity contribution in [1.82, 2.24) is 0 Å². The summed E-state index contributed by atoms with van der Waals surface area (Å²) in [5, 5.41) is 8.92. The molecule has 24 heavy (non-hydrogen) atoms. The van der Waals surface area contributed by atoms with Crippen LogP contribution in [0.1, 0.15) is 48.4 Å². The molecule has 0 saturated carbocycles. The van der Waals surface area contributed by atoms with Gasteiger partial charge in [-0.05, 0) is 48.2 Å². The first-order chi connectivity index (χ1) is 11.6. The van der Waals surface area contributed by atoms with E-state index in [0.29, 0.717) is 5.56 Å². The van der Waals surface area contributed by atoms with Gasteiger partial charge in [0.15, 0.2) is 0 Å². The number of aryl methyl sites for hydroxylation is 1. The molecule has 2 rings (SSSR count). The predicted molar refractivity (Wildman–Crippen MR) is 98.8 cm³/mol. The van der Waals surface area contributed by atoms with Gasteiger partial charge in [0.2, 0.25) is 0 Å². The summed E-state index contributed by atoms with van der Waals surface area (Å²) < 4.78 is 0. The molecular weight excluding hydrogens is 296 g/mol. The molecule has 0 radical (unpaired) electrons. The lowest BCUT2D eigenvalue weighted by atomic mass is 10.0. The molecule has 0 aliphatic carbocycles. The van der Waals surface area contributed by atoms with Gasteiger partial charge in [-0.1, -0.05) is 62.5 Å². The second-order valence-electron chi connectivity index (χ2n) is 5.77. The number of aliphatic carboxylic acids is 1. The Kier molecular flexibility index (Phi) is 6.40. The Morgan fingerprint density at radius 1 is 0.958 bits per heavy atom. The molecule has 0 unspecified atom stereocenters. The van der Waals surface area contributed by atoms with Crippen LogP contribution >= 0.6 is 0 Å². The zero-order chi connectivity index (χ0) is 17.4. The summed E-state index contributed by atoms with van der Waals surface area (Å²) in [6.07, 6.45) is 4.86. The highest BCUT2D eigenvalue weighted by Gasteiger charge is 2.05. The Balaban J connectivity index is 2.01. The third-order valence-corrected chi connectivity index (χ3v) is 3.87. The van der Waals surface area contributed by atoms with Gasteiger partial charge in [-0.15, -0.1) is 0 Å². The van der Waals surface area contributed by atoms with Crippen molar-refractivity contribution >= 4 is 11.5 Å². The van der Waals surface area contributed by atoms with Crippen LogP contribution in [0.15, 0.2) is 55.1 Å². The maximum atomic E-state index is 10.9. The van der Waals surface area contributed by atoms with E-state index in [4.69, 9.17) is 5.11 Å². The summed E-state index contributed by atoms with van der Waals surface area (Å²) in [5.41, 5.74) is 3.88. The molecule has 0 amide bonds. The molecule has 2 aromatic carbocycles. The monoisotopic (exact) mass is 318 g/mol. The van der Waals surface area contributed by atoms with Gasteiger partial charge in [-0.2, -0.15) is 0 Å². The molecule has 122 valence electrons. The standard InChI is InChI=1S/C22H22O2/c1-3-4-5-6-18-7-9-19(10-8-18)11-12-20-13-15-21(16-14-20)17(2)22(23)24/h7-10,13-16H,2-6H2,1H3,(H,23,24). The van der Waals surface area contributed by atoms with Crippen LogP contribution in [0.2, 0.25) is 0 Å². The van der Waals surface area contributed by atoms with Crippen LogP contribution in [0.4, 0.5) is 0 Å². The Morgan fingerprint density at radius 3 is 2.00 bits per heavy atom. The van der Waals surface area contributed by atoms with Gasteiger partial charge >= 0.3 is 5.97 Å². The average molecular weight is 318 g/mol. The van der Waals surface area contributed by atoms with Crippen molar-refractivity contribution in [2.45, 2.75) is 32.6 Å². The number of hydrogen-bond acceptors (Lipinski definition) is 1. The topological polar surface area (TPSA) is 37.3 Å². The Bertz CT molecular complexity index is 756. The lowest BCUT2D eigenvalue weighted by Gasteiger charge is -2.01. The predicted octanol–water partition coefficient (Wildman–Crippen LogP) is 4.92. The third kappa shape index (κ3) is 5.14. The first-order valence-electron chi connectivity index (χ1n) is 8.23. The van der Waals surface area contributed by atoms with E-state index >= 15 is 0 Å². The zero-order valence-electron chi connectivity index (χ0n) is 14.0. The smallest absolute Gasteiger partial charge is 0.335 e. The second kappa shape index (κ2) is 8.74. The molecule has 0 aromatic heterocycles. The molecule has 2 aromatic rings. The third-order valence-electron chi connectivity index (χ3n) is 3.87. The number of rotatable bonds is 6. The minimum atomic E-state index is -1.01. The van der Waals surface area contributed by atoms with E-state index in [2.05, 4.69) is 49.6 Å². The van der Waals surface area contributed by atoms with E-state index in [-0.39, 0.29) is 5.57 Å². The number of carboxylic acid groups (broad SMARTS) is 1. The normalized spacial score (nSPS) is 9.88. The maximum absolute atomic E-state index is 10.9. The summed E-state index contributed by atoms with van der Waals surface area (Å²) >= 11 is 0. The molecule has 0 spiro atoms. The molecule has 0 atom stereocenters. The van der Waals surface area contributed by atoms with Gasteiger partial charge in [-0.3, -0.25) is 0 Å². The highest BCUT2D eigenvalue weighted by atomic mass is 16.4. The van der Waals surface area contributed by atoms with E-state index in [1.807, 2.05) is 12.1 Å². The quantitative estimate of drug-likeness (QED) is 0.466. The van der Waals surface area contributed by atoms with Gasteiger partial charge in [-0.25, -0.2) is 4.79 Å². The van der Waals surface area contributed by atoms with E-state index in [9.17, 15) is 4.79 Å². The summed E-state index contributed by atoms with van der Waals surface area (Å²) in [6.45, 7) is 5.76. The lowest BCUT2D eigenvalue weighted by Crippen LogP contribution is -1.97. The van der Waals surface area contributed by atoms with Crippen LogP contribution < -0.4 is 0 Å². The van der Waals surface area contributed by atoms with Gasteiger partial charge in [0.25, 0.3) is 0 Å². The van der Waals surface area contributed by atoms with Crippen molar-refractivity contribution in [3.8, 4) is 11.8 Å². The molecule has 0 bridgehead atoms. The Hall–Kier alpha value is -2.79. The average Bonchev–Trinajstić information content (AvgIpc) is 2.61. The Morgan fingerprint density at radius 2 is 1.50 bits per heavy atom. The number of carboxylic acids is 1. The van der Waals surface area contributed by atoms with Crippen LogP contribution in [-0.4, -0.2) is 11.1 Å². The van der Waals surface area contributed by atoms with Crippen molar-refractivity contribution in [3.05, 3.63) is 77.4 Å². The van der Waals surface area contributed by atoms with Crippen molar-refractivity contribution in [1.29, 1.82) is 0 Å². The Labute approximate surface area is 143 Å². The largest absolute Gasteiger partial charge is 0.478 e. The van der Waals surface area contributed by atoms with Crippen LogP contribution in [-0.2, 0) is 11.2 Å². The molecule has 0 aliphatic heterocycles. The van der Waals surface area contributed by atoms with E-state index in [0.717, 1.165) is 17.5 Å². The van der Waals surface area contributed by atoms with Crippen LogP contribution in [0.3, 0.4) is 0 Å². The fraction of sp³-hybridized carbons (Fsp3) is 0.227. The first-order valence-corrected chi connectivity index (χ1v) is 8.23. The molecular formula is C22H22O2. The van der Waals surface area contributed by atoms with E-state index in [1.165, 1.54) is 24.8 Å². The lowest BCUT2D eigenvalue weighted by molar-refractivity contribution is -0.130. The van der Waals surface area contributed by atoms with Crippen molar-refractivity contribution in [2.24, 2.45) is 0 Å². The van der Waals surface area contributed by atoms with E-state index < -0.39 is 5.97 Å². The van der Waals surface area contributed by atoms with Gasteiger partial charge in [0.1, 0.15) is 0 Å². The summed E-state index contributed by atoms with van der Waals surface area (Å²) in [6, 6.07) is 15.5. The second-order valence-corrected chi connectivity index (χ2v) is 5.77. The molecule has 0 heterocycles. The van der Waals surface area contributed by atoms with Crippen LogP contribution in [0, 0.1) is 11.8 Å². The van der Waals surface area contributed by atoms with Gasteiger partial charge in [0, 0.05) is 11.1 Å². The number of carbonyl (C=O) groups is 1. The maximum Gasteiger partial charge on any atom is 0.335 e. The fourth-order valence-corrected chi connectivity index (χ4v) is 2.36. The highest BCUT2D eigenvalue weighted by molar-refractivity contribution is 6.14. The number of unbranched alkanes of at least 4 members (excludes halogenated alkanes) is 2. The molecule has 2 nitrogen and oxygen atoms in total. The summed E-state index contributed by atoms with van der Waals surface area (Å²) in [5.74, 6) is 5.23. The fourth-order valence-electron chi connectivity index (χ4n) is 2.36. The molecule has 0 saturated heterocycles. The van der Waals surface area contributed by atoms with E-state index in [1.54, 1.807) is 12.1 Å². The molecule has 1 N–H and O–H groups in total. The minimum absolute atomic E-state index is 0.0909. The van der Waals surface area contributed by atoms with Crippen LogP contribution in [0.25, 0.3) is 5.57 Å². The number of benzene rings is 2. The van der Waals surface area contributed by atoms with Gasteiger partial charge < -0.3 is 5.11 Å². The first kappa shape index (κ1) is 17.6. The molecule has 0 aliphatic rings. The highest BCUT2D eigenvalue weighted by Crippen LogP contribution is 2.13. The SMILES string of the molecule is C=C(C(=O)O)c1ccc(C#Cc2ccc(CCCCC)cc2)cc1. The minimum Gasteiger partial charge on any atom is -0.478 e. The van der Waals surface area contributed by atoms with Crippen LogP contribution in [0.5, 0.6) is 0 Å². The zero-order valence-corrected chi connectivity index (χ0v) is 14.0. The molecule has 2 heteroatoms. The van der Waals surface area contributed by atoms with Gasteiger partial charge in [0.05, 0.1) is 5.57 Å².